The van der Waals surface area contributed by atoms with Gasteiger partial charge in [0.25, 0.3) is 0 Å². The zero-order valence-electron chi connectivity index (χ0n) is 17.7. The van der Waals surface area contributed by atoms with Crippen molar-refractivity contribution in [2.75, 3.05) is 13.2 Å². The summed E-state index contributed by atoms with van der Waals surface area (Å²) >= 11 is 0. The van der Waals surface area contributed by atoms with Crippen LogP contribution in [0.15, 0.2) is 36.4 Å². The van der Waals surface area contributed by atoms with Crippen molar-refractivity contribution in [3.05, 3.63) is 47.5 Å². The minimum absolute atomic E-state index is 0.0165. The number of esters is 1. The molecule has 1 saturated heterocycles. The number of unbranched alkanes of at least 4 members (excludes halogenated alkanes) is 3. The van der Waals surface area contributed by atoms with E-state index in [2.05, 4.69) is 0 Å². The number of likely N-dealkylation sites (tertiary alicyclic amines) is 1. The highest BCUT2D eigenvalue weighted by molar-refractivity contribution is 5.92. The second-order valence-corrected chi connectivity index (χ2v) is 7.59. The van der Waals surface area contributed by atoms with Gasteiger partial charge in [0.2, 0.25) is 5.91 Å². The standard InChI is InChI=1S/C24H33NO4/c1-3-29-24(28)12-6-4-5-9-17-25-21(14-16-23(25)27)13-15-22(26)18-20-11-8-7-10-19(20)2/h7-8,10-11,13,15,21H,3-6,9,12,14,16-18H2,1-2H3/b15-13+/t21-/m0/s1. The molecule has 0 aliphatic carbocycles. The van der Waals surface area contributed by atoms with Crippen LogP contribution in [0.5, 0.6) is 0 Å². The van der Waals surface area contributed by atoms with E-state index in [-0.39, 0.29) is 23.7 Å². The normalized spacial score (nSPS) is 16.6. The van der Waals surface area contributed by atoms with Gasteiger partial charge < -0.3 is 9.64 Å². The molecule has 1 atom stereocenters. The van der Waals surface area contributed by atoms with E-state index >= 15 is 0 Å². The lowest BCUT2D eigenvalue weighted by molar-refractivity contribution is -0.143. The smallest absolute Gasteiger partial charge is 0.305 e. The highest BCUT2D eigenvalue weighted by atomic mass is 16.5. The fourth-order valence-electron chi connectivity index (χ4n) is 3.66. The van der Waals surface area contributed by atoms with Gasteiger partial charge in [0, 0.05) is 25.8 Å². The number of allylic oxidation sites excluding steroid dienone is 1. The lowest BCUT2D eigenvalue weighted by atomic mass is 10.0. The SMILES string of the molecule is CCOC(=O)CCCCCCN1C(=O)CC[C@@H]1/C=C/C(=O)Cc1ccccc1C. The van der Waals surface area contributed by atoms with Gasteiger partial charge in [0.15, 0.2) is 5.78 Å². The fraction of sp³-hybridized carbons (Fsp3) is 0.542. The van der Waals surface area contributed by atoms with E-state index in [1.807, 2.05) is 49.1 Å². The summed E-state index contributed by atoms with van der Waals surface area (Å²) < 4.78 is 4.92. The summed E-state index contributed by atoms with van der Waals surface area (Å²) in [5.74, 6) is 0.0953. The Balaban J connectivity index is 1.73. The molecule has 1 aromatic carbocycles. The Labute approximate surface area is 174 Å². The molecule has 1 aliphatic rings. The highest BCUT2D eigenvalue weighted by Gasteiger charge is 2.28. The van der Waals surface area contributed by atoms with E-state index in [4.69, 9.17) is 4.74 Å². The quantitative estimate of drug-likeness (QED) is 0.301. The molecule has 5 nitrogen and oxygen atoms in total. The molecule has 1 heterocycles. The number of carbonyl (C=O) groups is 3. The maximum atomic E-state index is 12.3. The van der Waals surface area contributed by atoms with Gasteiger partial charge in [-0.05, 0) is 50.3 Å². The summed E-state index contributed by atoms with van der Waals surface area (Å²) in [4.78, 5) is 37.7. The van der Waals surface area contributed by atoms with Gasteiger partial charge in [0.05, 0.1) is 12.6 Å². The van der Waals surface area contributed by atoms with Crippen molar-refractivity contribution in [1.29, 1.82) is 0 Å². The molecule has 158 valence electrons. The monoisotopic (exact) mass is 399 g/mol. The maximum absolute atomic E-state index is 12.3. The van der Waals surface area contributed by atoms with Crippen molar-refractivity contribution in [1.82, 2.24) is 4.90 Å². The van der Waals surface area contributed by atoms with Gasteiger partial charge >= 0.3 is 5.97 Å². The van der Waals surface area contributed by atoms with E-state index in [9.17, 15) is 14.4 Å². The predicted octanol–water partition coefficient (Wildman–Crippen LogP) is 4.17. The van der Waals surface area contributed by atoms with Crippen LogP contribution in [0.3, 0.4) is 0 Å². The number of hydrogen-bond acceptors (Lipinski definition) is 4. The molecule has 1 aromatic rings. The summed E-state index contributed by atoms with van der Waals surface area (Å²) in [5.41, 5.74) is 2.17. The highest BCUT2D eigenvalue weighted by Crippen LogP contribution is 2.21. The molecule has 1 aliphatic heterocycles. The summed E-state index contributed by atoms with van der Waals surface area (Å²) in [5, 5.41) is 0. The number of hydrogen-bond donors (Lipinski definition) is 0. The van der Waals surface area contributed by atoms with E-state index in [0.717, 1.165) is 43.2 Å². The molecule has 0 bridgehead atoms. The van der Waals surface area contributed by atoms with Gasteiger partial charge in [-0.1, -0.05) is 43.2 Å². The minimum Gasteiger partial charge on any atom is -0.466 e. The van der Waals surface area contributed by atoms with E-state index in [1.165, 1.54) is 0 Å². The Morgan fingerprint density at radius 2 is 1.93 bits per heavy atom. The minimum atomic E-state index is -0.136. The third kappa shape index (κ3) is 7.84. The molecule has 0 spiro atoms. The number of aryl methyl sites for hydroxylation is 1. The lowest BCUT2D eigenvalue weighted by Gasteiger charge is -2.22. The number of benzene rings is 1. The molecule has 1 fully saturated rings. The maximum Gasteiger partial charge on any atom is 0.305 e. The van der Waals surface area contributed by atoms with Crippen molar-refractivity contribution in [2.24, 2.45) is 0 Å². The van der Waals surface area contributed by atoms with Crippen molar-refractivity contribution < 1.29 is 19.1 Å². The second kappa shape index (κ2) is 12.2. The van der Waals surface area contributed by atoms with Gasteiger partial charge in [-0.15, -0.1) is 0 Å². The number of ketones is 1. The average Bonchev–Trinajstić information content (AvgIpc) is 3.04. The number of ether oxygens (including phenoxy) is 1. The van der Waals surface area contributed by atoms with Gasteiger partial charge in [-0.2, -0.15) is 0 Å². The van der Waals surface area contributed by atoms with E-state index in [0.29, 0.717) is 32.4 Å². The number of amides is 1. The Hall–Kier alpha value is -2.43. The van der Waals surface area contributed by atoms with E-state index in [1.54, 1.807) is 6.08 Å². The summed E-state index contributed by atoms with van der Waals surface area (Å²) in [6, 6.07) is 7.93. The summed E-state index contributed by atoms with van der Waals surface area (Å²) in [7, 11) is 0. The van der Waals surface area contributed by atoms with Crippen LogP contribution in [0.25, 0.3) is 0 Å². The third-order valence-corrected chi connectivity index (χ3v) is 5.34. The van der Waals surface area contributed by atoms with Gasteiger partial charge in [-0.3, -0.25) is 14.4 Å². The number of rotatable bonds is 12. The topological polar surface area (TPSA) is 63.7 Å². The fourth-order valence-corrected chi connectivity index (χ4v) is 3.66. The molecule has 1 amide bonds. The molecule has 0 unspecified atom stereocenters. The van der Waals surface area contributed by atoms with E-state index < -0.39 is 0 Å². The van der Waals surface area contributed by atoms with Crippen LogP contribution < -0.4 is 0 Å². The first kappa shape index (κ1) is 22.9. The van der Waals surface area contributed by atoms with Crippen molar-refractivity contribution in [2.45, 2.75) is 71.3 Å². The molecule has 0 saturated carbocycles. The summed E-state index contributed by atoms with van der Waals surface area (Å²) in [6.45, 7) is 4.96. The first-order valence-electron chi connectivity index (χ1n) is 10.7. The van der Waals surface area contributed by atoms with Crippen LogP contribution in [0.1, 0.15) is 63.0 Å². The van der Waals surface area contributed by atoms with Crippen LogP contribution in [-0.4, -0.2) is 41.8 Å². The molecule has 5 heteroatoms. The predicted molar refractivity (Wildman–Crippen MR) is 113 cm³/mol. The zero-order chi connectivity index (χ0) is 21.1. The number of nitrogens with zero attached hydrogens (tertiary/aromatic N) is 1. The van der Waals surface area contributed by atoms with Crippen molar-refractivity contribution in [3.8, 4) is 0 Å². The number of carbonyl (C=O) groups excluding carboxylic acids is 3. The third-order valence-electron chi connectivity index (χ3n) is 5.34. The molecular weight excluding hydrogens is 366 g/mol. The Bertz CT molecular complexity index is 725. The molecular formula is C24H33NO4. The first-order valence-corrected chi connectivity index (χ1v) is 10.7. The zero-order valence-corrected chi connectivity index (χ0v) is 17.7. The summed E-state index contributed by atoms with van der Waals surface area (Å²) in [6.07, 6.45) is 9.38. The van der Waals surface area contributed by atoms with Crippen LogP contribution in [-0.2, 0) is 25.5 Å². The molecule has 0 N–H and O–H groups in total. The Morgan fingerprint density at radius 1 is 1.17 bits per heavy atom. The van der Waals surface area contributed by atoms with Crippen molar-refractivity contribution in [3.63, 3.8) is 0 Å². The molecule has 0 radical (unpaired) electrons. The van der Waals surface area contributed by atoms with Crippen LogP contribution in [0.2, 0.25) is 0 Å². The van der Waals surface area contributed by atoms with Gasteiger partial charge in [-0.25, -0.2) is 0 Å². The molecule has 2 rings (SSSR count). The largest absolute Gasteiger partial charge is 0.466 e. The Kier molecular flexibility index (Phi) is 9.62. The van der Waals surface area contributed by atoms with Crippen LogP contribution >= 0.6 is 0 Å². The first-order chi connectivity index (χ1) is 14.0. The second-order valence-electron chi connectivity index (χ2n) is 7.59. The Morgan fingerprint density at radius 3 is 2.69 bits per heavy atom. The van der Waals surface area contributed by atoms with Crippen molar-refractivity contribution >= 4 is 17.7 Å². The average molecular weight is 400 g/mol. The lowest BCUT2D eigenvalue weighted by Crippen LogP contribution is -2.32. The van der Waals surface area contributed by atoms with Crippen LogP contribution in [0.4, 0.5) is 0 Å². The molecule has 0 aromatic heterocycles. The van der Waals surface area contributed by atoms with Gasteiger partial charge in [0.1, 0.15) is 0 Å². The van der Waals surface area contributed by atoms with Crippen LogP contribution in [0, 0.1) is 6.92 Å². The molecule has 29 heavy (non-hydrogen) atoms.